The van der Waals surface area contributed by atoms with Gasteiger partial charge in [-0.15, -0.1) is 0 Å². The molecule has 2 N–H and O–H groups in total. The van der Waals surface area contributed by atoms with Gasteiger partial charge in [0, 0.05) is 5.75 Å². The number of thioether (sulfide) groups is 1. The number of nitrogens with two attached hydrogens (primary N) is 1. The van der Waals surface area contributed by atoms with Crippen LogP contribution in [0.1, 0.15) is 5.69 Å². The number of anilines is 1. The van der Waals surface area contributed by atoms with E-state index in [-0.39, 0.29) is 0 Å². The van der Waals surface area contributed by atoms with E-state index in [1.54, 1.807) is 24.2 Å². The predicted molar refractivity (Wildman–Crippen MR) is 43.7 cm³/mol. The van der Waals surface area contributed by atoms with Gasteiger partial charge >= 0.3 is 0 Å². The van der Waals surface area contributed by atoms with E-state index >= 15 is 0 Å². The Morgan fingerprint density at radius 2 is 2.30 bits per heavy atom. The van der Waals surface area contributed by atoms with Crippen molar-refractivity contribution in [3.63, 3.8) is 0 Å². The van der Waals surface area contributed by atoms with E-state index < -0.39 is 0 Å². The van der Waals surface area contributed by atoms with Gasteiger partial charge in [-0.25, -0.2) is 4.98 Å². The van der Waals surface area contributed by atoms with Gasteiger partial charge in [0.15, 0.2) is 0 Å². The highest BCUT2D eigenvalue weighted by Crippen LogP contribution is 2.04. The second kappa shape index (κ2) is 3.41. The lowest BCUT2D eigenvalue weighted by Gasteiger charge is -1.95. The summed E-state index contributed by atoms with van der Waals surface area (Å²) in [6.07, 6.45) is 5.30. The molecule has 54 valence electrons. The SMILES string of the molecule is CSCc1cnc(N)cn1. The summed E-state index contributed by atoms with van der Waals surface area (Å²) in [5.41, 5.74) is 6.32. The van der Waals surface area contributed by atoms with E-state index in [9.17, 15) is 0 Å². The second-order valence-electron chi connectivity index (χ2n) is 1.87. The summed E-state index contributed by atoms with van der Waals surface area (Å²) in [6.45, 7) is 0. The zero-order chi connectivity index (χ0) is 7.40. The standard InChI is InChI=1S/C6H9N3S/c1-10-4-5-2-9-6(7)3-8-5/h2-3H,4H2,1H3,(H2,7,9). The molecule has 0 saturated heterocycles. The lowest BCUT2D eigenvalue weighted by Crippen LogP contribution is -1.93. The highest BCUT2D eigenvalue weighted by atomic mass is 32.2. The zero-order valence-corrected chi connectivity index (χ0v) is 6.56. The summed E-state index contributed by atoms with van der Waals surface area (Å²) in [5.74, 6) is 1.37. The number of aromatic nitrogens is 2. The number of nitrogens with zero attached hydrogens (tertiary/aromatic N) is 2. The Bertz CT molecular complexity index is 197. The molecule has 0 unspecified atom stereocenters. The summed E-state index contributed by atoms with van der Waals surface area (Å²) in [5, 5.41) is 0. The van der Waals surface area contributed by atoms with E-state index in [1.807, 2.05) is 6.26 Å². The fourth-order valence-corrected chi connectivity index (χ4v) is 1.03. The van der Waals surface area contributed by atoms with Gasteiger partial charge in [0.05, 0.1) is 18.1 Å². The lowest BCUT2D eigenvalue weighted by molar-refractivity contribution is 1.11. The highest BCUT2D eigenvalue weighted by molar-refractivity contribution is 7.97. The van der Waals surface area contributed by atoms with Crippen molar-refractivity contribution in [3.8, 4) is 0 Å². The molecule has 0 aliphatic heterocycles. The van der Waals surface area contributed by atoms with Crippen molar-refractivity contribution in [1.82, 2.24) is 9.97 Å². The molecular formula is C6H9N3S. The fourth-order valence-electron chi connectivity index (χ4n) is 0.587. The molecule has 0 atom stereocenters. The van der Waals surface area contributed by atoms with Gasteiger partial charge in [-0.2, -0.15) is 11.8 Å². The van der Waals surface area contributed by atoms with Crippen LogP contribution in [0.25, 0.3) is 0 Å². The van der Waals surface area contributed by atoms with Crippen LogP contribution >= 0.6 is 11.8 Å². The third kappa shape index (κ3) is 1.88. The largest absolute Gasteiger partial charge is 0.382 e. The molecule has 0 aromatic carbocycles. The van der Waals surface area contributed by atoms with Gasteiger partial charge < -0.3 is 5.73 Å². The van der Waals surface area contributed by atoms with E-state index in [4.69, 9.17) is 5.73 Å². The Morgan fingerprint density at radius 3 is 2.80 bits per heavy atom. The van der Waals surface area contributed by atoms with Crippen molar-refractivity contribution >= 4 is 17.6 Å². The van der Waals surface area contributed by atoms with E-state index in [1.165, 1.54) is 0 Å². The molecule has 0 aliphatic rings. The van der Waals surface area contributed by atoms with Gasteiger partial charge in [0.1, 0.15) is 5.82 Å². The van der Waals surface area contributed by atoms with Crippen molar-refractivity contribution in [3.05, 3.63) is 18.1 Å². The molecular weight excluding hydrogens is 146 g/mol. The third-order valence-electron chi connectivity index (χ3n) is 1.02. The minimum absolute atomic E-state index is 0.477. The predicted octanol–water partition coefficient (Wildman–Crippen LogP) is 0.922. The maximum Gasteiger partial charge on any atom is 0.141 e. The summed E-state index contributed by atoms with van der Waals surface area (Å²) >= 11 is 1.72. The molecule has 4 heteroatoms. The van der Waals surface area contributed by atoms with Gasteiger partial charge in [-0.3, -0.25) is 4.98 Å². The number of nitrogen functional groups attached to an aromatic ring is 1. The van der Waals surface area contributed by atoms with Crippen molar-refractivity contribution in [1.29, 1.82) is 0 Å². The smallest absolute Gasteiger partial charge is 0.141 e. The quantitative estimate of drug-likeness (QED) is 0.690. The molecule has 0 bridgehead atoms. The summed E-state index contributed by atoms with van der Waals surface area (Å²) in [4.78, 5) is 7.96. The van der Waals surface area contributed by atoms with Crippen LogP contribution in [-0.2, 0) is 5.75 Å². The normalized spacial score (nSPS) is 9.70. The van der Waals surface area contributed by atoms with Crippen LogP contribution in [0.15, 0.2) is 12.4 Å². The molecule has 10 heavy (non-hydrogen) atoms. The maximum absolute atomic E-state index is 5.34. The Labute approximate surface area is 64.1 Å². The van der Waals surface area contributed by atoms with Gasteiger partial charge in [0.2, 0.25) is 0 Å². The maximum atomic E-state index is 5.34. The highest BCUT2D eigenvalue weighted by Gasteiger charge is 1.91. The molecule has 0 fully saturated rings. The van der Waals surface area contributed by atoms with Crippen molar-refractivity contribution < 1.29 is 0 Å². The molecule has 0 saturated carbocycles. The Balaban J connectivity index is 2.69. The van der Waals surface area contributed by atoms with Crippen LogP contribution in [0.3, 0.4) is 0 Å². The first-order valence-corrected chi connectivity index (χ1v) is 4.27. The molecule has 1 heterocycles. The minimum Gasteiger partial charge on any atom is -0.382 e. The molecule has 0 radical (unpaired) electrons. The monoisotopic (exact) mass is 155 g/mol. The van der Waals surface area contributed by atoms with Crippen molar-refractivity contribution in [2.24, 2.45) is 0 Å². The summed E-state index contributed by atoms with van der Waals surface area (Å²) in [7, 11) is 0. The van der Waals surface area contributed by atoms with E-state index in [0.29, 0.717) is 5.82 Å². The van der Waals surface area contributed by atoms with E-state index in [2.05, 4.69) is 9.97 Å². The molecule has 1 rings (SSSR count). The molecule has 0 amide bonds. The van der Waals surface area contributed by atoms with Gasteiger partial charge in [0.25, 0.3) is 0 Å². The van der Waals surface area contributed by atoms with Crippen LogP contribution < -0.4 is 5.73 Å². The topological polar surface area (TPSA) is 51.8 Å². The van der Waals surface area contributed by atoms with Crippen LogP contribution in [0.4, 0.5) is 5.82 Å². The van der Waals surface area contributed by atoms with E-state index in [0.717, 1.165) is 11.4 Å². The first-order valence-electron chi connectivity index (χ1n) is 2.88. The Morgan fingerprint density at radius 1 is 1.50 bits per heavy atom. The first kappa shape index (κ1) is 7.34. The number of rotatable bonds is 2. The summed E-state index contributed by atoms with van der Waals surface area (Å²) in [6, 6.07) is 0. The number of hydrogen-bond acceptors (Lipinski definition) is 4. The fraction of sp³-hybridized carbons (Fsp3) is 0.333. The average molecular weight is 155 g/mol. The van der Waals surface area contributed by atoms with Crippen molar-refractivity contribution in [2.45, 2.75) is 5.75 Å². The molecule has 1 aromatic heterocycles. The molecule has 0 spiro atoms. The third-order valence-corrected chi connectivity index (χ3v) is 1.60. The van der Waals surface area contributed by atoms with Crippen LogP contribution in [0.5, 0.6) is 0 Å². The second-order valence-corrected chi connectivity index (χ2v) is 2.73. The van der Waals surface area contributed by atoms with Crippen LogP contribution in [-0.4, -0.2) is 16.2 Å². The molecule has 0 aliphatic carbocycles. The molecule has 3 nitrogen and oxygen atoms in total. The van der Waals surface area contributed by atoms with Crippen LogP contribution in [0.2, 0.25) is 0 Å². The Kier molecular flexibility index (Phi) is 2.50. The van der Waals surface area contributed by atoms with Crippen LogP contribution in [0, 0.1) is 0 Å². The average Bonchev–Trinajstić information content (AvgIpc) is 1.95. The Hall–Kier alpha value is -0.770. The minimum atomic E-state index is 0.477. The van der Waals surface area contributed by atoms with Gasteiger partial charge in [-0.05, 0) is 6.26 Å². The van der Waals surface area contributed by atoms with Crippen molar-refractivity contribution in [2.75, 3.05) is 12.0 Å². The zero-order valence-electron chi connectivity index (χ0n) is 5.74. The number of hydrogen-bond donors (Lipinski definition) is 1. The lowest BCUT2D eigenvalue weighted by atomic mass is 10.5. The van der Waals surface area contributed by atoms with Gasteiger partial charge in [-0.1, -0.05) is 0 Å². The first-order chi connectivity index (χ1) is 4.83. The molecule has 1 aromatic rings. The summed E-state index contributed by atoms with van der Waals surface area (Å²) < 4.78 is 0.